The Hall–Kier alpha value is -2.67. The van der Waals surface area contributed by atoms with Gasteiger partial charge in [-0.2, -0.15) is 0 Å². The van der Waals surface area contributed by atoms with Gasteiger partial charge in [0.2, 0.25) is 0 Å². The monoisotopic (exact) mass is 360 g/mol. The highest BCUT2D eigenvalue weighted by Crippen LogP contribution is 2.31. The number of hydrogen-bond donors (Lipinski definition) is 0. The van der Waals surface area contributed by atoms with Crippen LogP contribution in [0.3, 0.4) is 0 Å². The van der Waals surface area contributed by atoms with E-state index in [1.807, 2.05) is 4.90 Å². The third-order valence-corrected chi connectivity index (χ3v) is 4.53. The number of benzene rings is 1. The van der Waals surface area contributed by atoms with Gasteiger partial charge < -0.3 is 9.80 Å². The highest BCUT2D eigenvalue weighted by Gasteiger charge is 2.25. The molecule has 2 heterocycles. The molecule has 0 amide bonds. The first kappa shape index (κ1) is 17.2. The fourth-order valence-electron chi connectivity index (χ4n) is 2.93. The van der Waals surface area contributed by atoms with Crippen LogP contribution in [0.15, 0.2) is 36.5 Å². The molecule has 0 spiro atoms. The Kier molecular flexibility index (Phi) is 4.85. The third-order valence-electron chi connectivity index (χ3n) is 4.24. The molecule has 2 aromatic rings. The Morgan fingerprint density at radius 3 is 2.48 bits per heavy atom. The maximum atomic E-state index is 11.5. The number of nitro benzene ring substituents is 1. The maximum absolute atomic E-state index is 11.5. The van der Waals surface area contributed by atoms with Crippen LogP contribution in [0.4, 0.5) is 17.2 Å². The Balaban J connectivity index is 1.80. The first-order chi connectivity index (χ1) is 12.0. The van der Waals surface area contributed by atoms with Crippen molar-refractivity contribution in [3.8, 4) is 0 Å². The fraction of sp³-hybridized carbons (Fsp3) is 0.294. The number of Topliss-reactive ketones (excluding diaryl/α,β-unsaturated/α-hetero) is 1. The van der Waals surface area contributed by atoms with E-state index in [9.17, 15) is 14.9 Å². The number of halogens is 1. The van der Waals surface area contributed by atoms with E-state index in [0.29, 0.717) is 42.5 Å². The molecule has 3 rings (SSSR count). The van der Waals surface area contributed by atoms with E-state index in [1.165, 1.54) is 13.0 Å². The van der Waals surface area contributed by atoms with Crippen molar-refractivity contribution >= 4 is 34.6 Å². The molecule has 1 fully saturated rings. The molecule has 7 nitrogen and oxygen atoms in total. The molecule has 1 aliphatic heterocycles. The van der Waals surface area contributed by atoms with E-state index >= 15 is 0 Å². The molecule has 25 heavy (non-hydrogen) atoms. The summed E-state index contributed by atoms with van der Waals surface area (Å²) >= 11 is 6.19. The predicted octanol–water partition coefficient (Wildman–Crippen LogP) is 3.17. The molecule has 0 radical (unpaired) electrons. The van der Waals surface area contributed by atoms with E-state index in [1.54, 1.807) is 30.5 Å². The zero-order valence-electron chi connectivity index (χ0n) is 13.7. The van der Waals surface area contributed by atoms with Gasteiger partial charge in [-0.3, -0.25) is 14.9 Å². The van der Waals surface area contributed by atoms with Gasteiger partial charge in [0.1, 0.15) is 11.5 Å². The number of nitro groups is 1. The molecule has 1 saturated heterocycles. The van der Waals surface area contributed by atoms with Gasteiger partial charge in [-0.05, 0) is 31.2 Å². The van der Waals surface area contributed by atoms with Crippen LogP contribution >= 0.6 is 11.6 Å². The summed E-state index contributed by atoms with van der Waals surface area (Å²) in [5, 5.41) is 12.0. The van der Waals surface area contributed by atoms with Crippen LogP contribution < -0.4 is 9.80 Å². The van der Waals surface area contributed by atoms with Gasteiger partial charge in [0.25, 0.3) is 5.69 Å². The zero-order chi connectivity index (χ0) is 18.0. The molecule has 1 aromatic carbocycles. The van der Waals surface area contributed by atoms with Crippen molar-refractivity contribution in [3.05, 3.63) is 57.2 Å². The van der Waals surface area contributed by atoms with Crippen molar-refractivity contribution in [1.82, 2.24) is 4.98 Å². The second kappa shape index (κ2) is 7.06. The molecule has 1 aromatic heterocycles. The number of carbonyl (C=O) groups excluding carboxylic acids is 1. The quantitative estimate of drug-likeness (QED) is 0.473. The molecule has 8 heteroatoms. The predicted molar refractivity (Wildman–Crippen MR) is 96.8 cm³/mol. The summed E-state index contributed by atoms with van der Waals surface area (Å²) in [7, 11) is 0. The van der Waals surface area contributed by atoms with Crippen LogP contribution in [-0.4, -0.2) is 41.9 Å². The minimum atomic E-state index is -0.441. The summed E-state index contributed by atoms with van der Waals surface area (Å²) < 4.78 is 0. The number of carbonyl (C=O) groups is 1. The first-order valence-corrected chi connectivity index (χ1v) is 8.25. The summed E-state index contributed by atoms with van der Waals surface area (Å²) in [6.07, 6.45) is 1.69. The molecular formula is C17H17ClN4O3. The number of ketones is 1. The number of pyridine rings is 1. The largest absolute Gasteiger partial charge is 0.362 e. The SMILES string of the molecule is CC(=O)c1ccc(N2CCN(c3ncccc3Cl)CC2)c([N+](=O)[O-])c1. The molecule has 0 bridgehead atoms. The first-order valence-electron chi connectivity index (χ1n) is 7.87. The standard InChI is InChI=1S/C17H17ClN4O3/c1-12(23)13-4-5-15(16(11-13)22(24)25)20-7-9-21(10-8-20)17-14(18)3-2-6-19-17/h2-6,11H,7-10H2,1H3. The number of piperazine rings is 1. The number of rotatable bonds is 4. The average Bonchev–Trinajstić information content (AvgIpc) is 2.61. The number of hydrogen-bond acceptors (Lipinski definition) is 6. The van der Waals surface area contributed by atoms with E-state index in [-0.39, 0.29) is 11.5 Å². The van der Waals surface area contributed by atoms with E-state index in [0.717, 1.165) is 5.82 Å². The van der Waals surface area contributed by atoms with Gasteiger partial charge in [0.15, 0.2) is 5.78 Å². The third kappa shape index (κ3) is 3.56. The van der Waals surface area contributed by atoms with Gasteiger partial charge in [-0.15, -0.1) is 0 Å². The topological polar surface area (TPSA) is 79.6 Å². The number of aromatic nitrogens is 1. The summed E-state index contributed by atoms with van der Waals surface area (Å²) in [6, 6.07) is 8.20. The maximum Gasteiger partial charge on any atom is 0.293 e. The van der Waals surface area contributed by atoms with Crippen molar-refractivity contribution in [2.75, 3.05) is 36.0 Å². The molecule has 0 aliphatic carbocycles. The van der Waals surface area contributed by atoms with Crippen molar-refractivity contribution < 1.29 is 9.72 Å². The van der Waals surface area contributed by atoms with E-state index in [4.69, 9.17) is 11.6 Å². The molecule has 0 atom stereocenters. The summed E-state index contributed by atoms with van der Waals surface area (Å²) in [5.74, 6) is 0.537. The minimum absolute atomic E-state index is 0.0444. The van der Waals surface area contributed by atoms with Crippen LogP contribution in [0.25, 0.3) is 0 Å². The molecule has 0 saturated carbocycles. The van der Waals surface area contributed by atoms with Crippen molar-refractivity contribution in [1.29, 1.82) is 0 Å². The van der Waals surface area contributed by atoms with E-state index < -0.39 is 4.92 Å². The lowest BCUT2D eigenvalue weighted by molar-refractivity contribution is -0.384. The van der Waals surface area contributed by atoms with Gasteiger partial charge in [-0.1, -0.05) is 11.6 Å². The Morgan fingerprint density at radius 2 is 1.88 bits per heavy atom. The Labute approximate surface area is 150 Å². The van der Waals surface area contributed by atoms with Crippen LogP contribution in [0.5, 0.6) is 0 Å². The van der Waals surface area contributed by atoms with Crippen molar-refractivity contribution in [2.45, 2.75) is 6.92 Å². The molecule has 0 unspecified atom stereocenters. The van der Waals surface area contributed by atoms with Crippen LogP contribution in [-0.2, 0) is 0 Å². The second-order valence-electron chi connectivity index (χ2n) is 5.80. The minimum Gasteiger partial charge on any atom is -0.362 e. The summed E-state index contributed by atoms with van der Waals surface area (Å²) in [6.45, 7) is 3.92. The number of nitrogens with zero attached hydrogens (tertiary/aromatic N) is 4. The lowest BCUT2D eigenvalue weighted by Gasteiger charge is -2.36. The Bertz CT molecular complexity index is 819. The lowest BCUT2D eigenvalue weighted by Crippen LogP contribution is -2.47. The van der Waals surface area contributed by atoms with Crippen LogP contribution in [0, 0.1) is 10.1 Å². The molecule has 0 N–H and O–H groups in total. The van der Waals surface area contributed by atoms with Crippen LogP contribution in [0.2, 0.25) is 5.02 Å². The number of anilines is 2. The zero-order valence-corrected chi connectivity index (χ0v) is 14.4. The fourth-order valence-corrected chi connectivity index (χ4v) is 3.17. The van der Waals surface area contributed by atoms with Crippen molar-refractivity contribution in [2.24, 2.45) is 0 Å². The second-order valence-corrected chi connectivity index (χ2v) is 6.21. The van der Waals surface area contributed by atoms with E-state index in [2.05, 4.69) is 9.88 Å². The highest BCUT2D eigenvalue weighted by molar-refractivity contribution is 6.32. The lowest BCUT2D eigenvalue weighted by atomic mass is 10.1. The van der Waals surface area contributed by atoms with Gasteiger partial charge in [0.05, 0.1) is 9.95 Å². The van der Waals surface area contributed by atoms with Crippen molar-refractivity contribution in [3.63, 3.8) is 0 Å². The van der Waals surface area contributed by atoms with Gasteiger partial charge in [0, 0.05) is 44.0 Å². The average molecular weight is 361 g/mol. The molecule has 1 aliphatic rings. The normalized spacial score (nSPS) is 14.5. The smallest absolute Gasteiger partial charge is 0.293 e. The molecule has 130 valence electrons. The van der Waals surface area contributed by atoms with Crippen LogP contribution in [0.1, 0.15) is 17.3 Å². The van der Waals surface area contributed by atoms with Gasteiger partial charge >= 0.3 is 0 Å². The molecular weight excluding hydrogens is 344 g/mol. The summed E-state index contributed by atoms with van der Waals surface area (Å²) in [4.78, 5) is 30.8. The Morgan fingerprint density at radius 1 is 1.20 bits per heavy atom. The van der Waals surface area contributed by atoms with Gasteiger partial charge in [-0.25, -0.2) is 4.98 Å². The summed E-state index contributed by atoms with van der Waals surface area (Å²) in [5.41, 5.74) is 0.827. The highest BCUT2D eigenvalue weighted by atomic mass is 35.5.